The Morgan fingerprint density at radius 3 is 2.74 bits per heavy atom. The molecule has 3 rings (SSSR count). The third-order valence-corrected chi connectivity index (χ3v) is 3.62. The van der Waals surface area contributed by atoms with Gasteiger partial charge in [-0.2, -0.15) is 0 Å². The molecule has 7 nitrogen and oxygen atoms in total. The SMILES string of the molecule is NC[C@@H]1CN(C(=O)c2cnc(Nc3ccccc3)nc2)CCO1. The molecule has 1 aliphatic heterocycles. The lowest BCUT2D eigenvalue weighted by molar-refractivity contribution is -0.0167. The summed E-state index contributed by atoms with van der Waals surface area (Å²) >= 11 is 0. The van der Waals surface area contributed by atoms with Crippen LogP contribution in [-0.2, 0) is 4.74 Å². The number of anilines is 2. The Morgan fingerprint density at radius 2 is 2.04 bits per heavy atom. The van der Waals surface area contributed by atoms with Crippen LogP contribution in [0.25, 0.3) is 0 Å². The topological polar surface area (TPSA) is 93.4 Å². The molecule has 2 heterocycles. The van der Waals surface area contributed by atoms with Crippen LogP contribution in [0.15, 0.2) is 42.7 Å². The van der Waals surface area contributed by atoms with Gasteiger partial charge in [0.2, 0.25) is 5.95 Å². The number of carbonyl (C=O) groups excluding carboxylic acids is 1. The summed E-state index contributed by atoms with van der Waals surface area (Å²) in [6, 6.07) is 9.62. The Labute approximate surface area is 134 Å². The first kappa shape index (κ1) is 15.4. The number of morpholine rings is 1. The third-order valence-electron chi connectivity index (χ3n) is 3.62. The van der Waals surface area contributed by atoms with Crippen molar-refractivity contribution in [3.05, 3.63) is 48.3 Å². The molecule has 1 aromatic heterocycles. The maximum Gasteiger partial charge on any atom is 0.257 e. The summed E-state index contributed by atoms with van der Waals surface area (Å²) in [4.78, 5) is 22.6. The summed E-state index contributed by atoms with van der Waals surface area (Å²) in [5.41, 5.74) is 6.96. The summed E-state index contributed by atoms with van der Waals surface area (Å²) in [5.74, 6) is 0.354. The van der Waals surface area contributed by atoms with Crippen molar-refractivity contribution < 1.29 is 9.53 Å². The van der Waals surface area contributed by atoms with E-state index in [1.54, 1.807) is 4.90 Å². The number of aromatic nitrogens is 2. The van der Waals surface area contributed by atoms with E-state index in [-0.39, 0.29) is 12.0 Å². The van der Waals surface area contributed by atoms with Crippen molar-refractivity contribution in [1.82, 2.24) is 14.9 Å². The normalized spacial score (nSPS) is 17.8. The Morgan fingerprint density at radius 1 is 1.30 bits per heavy atom. The van der Waals surface area contributed by atoms with Crippen molar-refractivity contribution in [3.63, 3.8) is 0 Å². The van der Waals surface area contributed by atoms with Gasteiger partial charge in [0.1, 0.15) is 0 Å². The number of benzene rings is 1. The average molecular weight is 313 g/mol. The number of ether oxygens (including phenoxy) is 1. The van der Waals surface area contributed by atoms with E-state index in [4.69, 9.17) is 10.5 Å². The Hall–Kier alpha value is -2.51. The number of para-hydroxylation sites is 1. The smallest absolute Gasteiger partial charge is 0.257 e. The van der Waals surface area contributed by atoms with Gasteiger partial charge in [-0.3, -0.25) is 4.79 Å². The number of hydrogen-bond donors (Lipinski definition) is 2. The van der Waals surface area contributed by atoms with E-state index in [0.717, 1.165) is 5.69 Å². The van der Waals surface area contributed by atoms with Crippen molar-refractivity contribution in [1.29, 1.82) is 0 Å². The molecule has 0 spiro atoms. The van der Waals surface area contributed by atoms with E-state index in [9.17, 15) is 4.79 Å². The molecule has 0 aliphatic carbocycles. The van der Waals surface area contributed by atoms with Crippen LogP contribution >= 0.6 is 0 Å². The van der Waals surface area contributed by atoms with Gasteiger partial charge in [-0.05, 0) is 12.1 Å². The van der Waals surface area contributed by atoms with E-state index >= 15 is 0 Å². The van der Waals surface area contributed by atoms with E-state index in [0.29, 0.717) is 37.8 Å². The number of rotatable bonds is 4. The predicted molar refractivity (Wildman–Crippen MR) is 86.5 cm³/mol. The maximum absolute atomic E-state index is 12.5. The molecule has 1 aromatic carbocycles. The monoisotopic (exact) mass is 313 g/mol. The Bertz CT molecular complexity index is 647. The zero-order valence-electron chi connectivity index (χ0n) is 12.7. The van der Waals surface area contributed by atoms with Crippen molar-refractivity contribution in [2.45, 2.75) is 6.10 Å². The molecule has 0 radical (unpaired) electrons. The minimum Gasteiger partial charge on any atom is -0.373 e. The molecule has 120 valence electrons. The summed E-state index contributed by atoms with van der Waals surface area (Å²) in [6.07, 6.45) is 2.97. The lowest BCUT2D eigenvalue weighted by atomic mass is 10.2. The van der Waals surface area contributed by atoms with Gasteiger partial charge in [-0.15, -0.1) is 0 Å². The first-order chi connectivity index (χ1) is 11.3. The zero-order chi connectivity index (χ0) is 16.1. The maximum atomic E-state index is 12.5. The van der Waals surface area contributed by atoms with Crippen LogP contribution in [0, 0.1) is 0 Å². The quantitative estimate of drug-likeness (QED) is 0.875. The largest absolute Gasteiger partial charge is 0.373 e. The molecule has 3 N–H and O–H groups in total. The van der Waals surface area contributed by atoms with Gasteiger partial charge in [-0.25, -0.2) is 9.97 Å². The summed E-state index contributed by atoms with van der Waals surface area (Å²) in [5, 5.41) is 3.08. The summed E-state index contributed by atoms with van der Waals surface area (Å²) in [7, 11) is 0. The first-order valence-corrected chi connectivity index (χ1v) is 7.51. The predicted octanol–water partition coefficient (Wildman–Crippen LogP) is 1.02. The van der Waals surface area contributed by atoms with E-state index in [2.05, 4.69) is 15.3 Å². The molecule has 7 heteroatoms. The number of nitrogens with zero attached hydrogens (tertiary/aromatic N) is 3. The standard InChI is InChI=1S/C16H19N5O2/c17-8-14-11-21(6-7-23-14)15(22)12-9-18-16(19-10-12)20-13-4-2-1-3-5-13/h1-5,9-10,14H,6-8,11,17H2,(H,18,19,20)/t14-/m1/s1. The Kier molecular flexibility index (Phi) is 4.80. The van der Waals surface area contributed by atoms with Crippen LogP contribution in [-0.4, -0.2) is 53.1 Å². The molecule has 2 aromatic rings. The highest BCUT2D eigenvalue weighted by atomic mass is 16.5. The van der Waals surface area contributed by atoms with Crippen LogP contribution in [0.1, 0.15) is 10.4 Å². The van der Waals surface area contributed by atoms with Crippen molar-refractivity contribution in [2.75, 3.05) is 31.6 Å². The number of nitrogens with one attached hydrogen (secondary N) is 1. The van der Waals surface area contributed by atoms with Crippen LogP contribution in [0.5, 0.6) is 0 Å². The molecule has 1 aliphatic rings. The fraction of sp³-hybridized carbons (Fsp3) is 0.312. The van der Waals surface area contributed by atoms with Gasteiger partial charge in [0.25, 0.3) is 5.91 Å². The number of hydrogen-bond acceptors (Lipinski definition) is 6. The summed E-state index contributed by atoms with van der Waals surface area (Å²) in [6.45, 7) is 1.96. The highest BCUT2D eigenvalue weighted by molar-refractivity contribution is 5.93. The zero-order valence-corrected chi connectivity index (χ0v) is 12.7. The van der Waals surface area contributed by atoms with Crippen molar-refractivity contribution in [3.8, 4) is 0 Å². The van der Waals surface area contributed by atoms with Gasteiger partial charge in [0.05, 0.1) is 18.3 Å². The van der Waals surface area contributed by atoms with Crippen molar-refractivity contribution >= 4 is 17.5 Å². The highest BCUT2D eigenvalue weighted by Gasteiger charge is 2.24. The van der Waals surface area contributed by atoms with Gasteiger partial charge >= 0.3 is 0 Å². The first-order valence-electron chi connectivity index (χ1n) is 7.51. The molecular weight excluding hydrogens is 294 g/mol. The number of carbonyl (C=O) groups is 1. The molecule has 1 amide bonds. The molecule has 1 saturated heterocycles. The molecule has 1 atom stereocenters. The summed E-state index contributed by atoms with van der Waals surface area (Å²) < 4.78 is 5.47. The fourth-order valence-electron chi connectivity index (χ4n) is 2.38. The van der Waals surface area contributed by atoms with Crippen molar-refractivity contribution in [2.24, 2.45) is 5.73 Å². The van der Waals surface area contributed by atoms with E-state index in [1.807, 2.05) is 30.3 Å². The van der Waals surface area contributed by atoms with Crippen LogP contribution in [0.3, 0.4) is 0 Å². The van der Waals surface area contributed by atoms with Gasteiger partial charge in [-0.1, -0.05) is 18.2 Å². The second-order valence-electron chi connectivity index (χ2n) is 5.27. The van der Waals surface area contributed by atoms with Gasteiger partial charge < -0.3 is 20.7 Å². The third kappa shape index (κ3) is 3.82. The van der Waals surface area contributed by atoms with Gasteiger partial charge in [0.15, 0.2) is 0 Å². The highest BCUT2D eigenvalue weighted by Crippen LogP contribution is 2.13. The van der Waals surface area contributed by atoms with E-state index < -0.39 is 0 Å². The fourth-order valence-corrected chi connectivity index (χ4v) is 2.38. The molecule has 0 bridgehead atoms. The lowest BCUT2D eigenvalue weighted by Gasteiger charge is -2.32. The minimum atomic E-state index is -0.104. The van der Waals surface area contributed by atoms with Crippen LogP contribution in [0.4, 0.5) is 11.6 Å². The lowest BCUT2D eigenvalue weighted by Crippen LogP contribution is -2.48. The minimum absolute atomic E-state index is 0.0991. The Balaban J connectivity index is 1.65. The van der Waals surface area contributed by atoms with Crippen LogP contribution < -0.4 is 11.1 Å². The van der Waals surface area contributed by atoms with E-state index in [1.165, 1.54) is 12.4 Å². The van der Waals surface area contributed by atoms with Gasteiger partial charge in [0, 0.05) is 37.7 Å². The second kappa shape index (κ2) is 7.17. The van der Waals surface area contributed by atoms with Crippen LogP contribution in [0.2, 0.25) is 0 Å². The molecule has 23 heavy (non-hydrogen) atoms. The molecule has 0 unspecified atom stereocenters. The molecule has 0 saturated carbocycles. The number of amides is 1. The second-order valence-corrected chi connectivity index (χ2v) is 5.27. The average Bonchev–Trinajstić information content (AvgIpc) is 2.63. The molecular formula is C16H19N5O2. The number of nitrogens with two attached hydrogens (primary N) is 1. The molecule has 1 fully saturated rings.